The number of morpholine rings is 2. The van der Waals surface area contributed by atoms with Gasteiger partial charge in [-0.25, -0.2) is 10.0 Å². The summed E-state index contributed by atoms with van der Waals surface area (Å²) < 4.78 is 10.5. The van der Waals surface area contributed by atoms with Gasteiger partial charge in [-0.05, 0) is 0 Å². The molecule has 1 N–H and O–H groups in total. The highest BCUT2D eigenvalue weighted by molar-refractivity contribution is 4.60. The minimum absolute atomic E-state index is 0.831. The van der Waals surface area contributed by atoms with Crippen LogP contribution in [0, 0.1) is 0 Å². The van der Waals surface area contributed by atoms with Crippen LogP contribution in [0.4, 0.5) is 0 Å². The van der Waals surface area contributed by atoms with Crippen LogP contribution in [0.1, 0.15) is 0 Å². The summed E-state index contributed by atoms with van der Waals surface area (Å²) in [6.07, 6.45) is 0. The second-order valence-corrected chi connectivity index (χ2v) is 3.30. The molecular formula is C8H17N3O2. The number of nitrogens with zero attached hydrogens (tertiary/aromatic N) is 2. The minimum atomic E-state index is 0.831. The van der Waals surface area contributed by atoms with Crippen molar-refractivity contribution >= 4 is 0 Å². The molecule has 5 heteroatoms. The van der Waals surface area contributed by atoms with E-state index < -0.39 is 0 Å². The van der Waals surface area contributed by atoms with Gasteiger partial charge in [0.1, 0.15) is 0 Å². The van der Waals surface area contributed by atoms with Gasteiger partial charge in [0.25, 0.3) is 0 Å². The van der Waals surface area contributed by atoms with Crippen LogP contribution in [0.2, 0.25) is 0 Å². The Hall–Kier alpha value is -0.200. The second kappa shape index (κ2) is 4.88. The molecule has 0 aromatic carbocycles. The molecule has 0 bridgehead atoms. The molecule has 2 fully saturated rings. The fourth-order valence-corrected chi connectivity index (χ4v) is 1.53. The van der Waals surface area contributed by atoms with Gasteiger partial charge in [-0.3, -0.25) is 0 Å². The van der Waals surface area contributed by atoms with Crippen LogP contribution in [0.25, 0.3) is 0 Å². The normalized spacial score (nSPS) is 27.7. The average molecular weight is 187 g/mol. The average Bonchev–Trinajstić information content (AvgIpc) is 2.21. The monoisotopic (exact) mass is 187 g/mol. The first kappa shape index (κ1) is 9.36. The SMILES string of the molecule is C1CN(NN2CCOCC2)CCO1. The maximum Gasteiger partial charge on any atom is 0.0608 e. The quantitative estimate of drug-likeness (QED) is 0.604. The number of ether oxygens (including phenoxy) is 2. The number of hydrogen-bond acceptors (Lipinski definition) is 5. The maximum absolute atomic E-state index is 5.26. The molecular weight excluding hydrogens is 170 g/mol. The van der Waals surface area contributed by atoms with Gasteiger partial charge in [-0.15, -0.1) is 0 Å². The van der Waals surface area contributed by atoms with Gasteiger partial charge in [-0.2, -0.15) is 5.53 Å². The van der Waals surface area contributed by atoms with E-state index in [1.807, 2.05) is 0 Å². The molecule has 0 amide bonds. The van der Waals surface area contributed by atoms with Gasteiger partial charge in [0.15, 0.2) is 0 Å². The van der Waals surface area contributed by atoms with Crippen LogP contribution in [0.5, 0.6) is 0 Å². The van der Waals surface area contributed by atoms with Gasteiger partial charge in [0, 0.05) is 26.2 Å². The summed E-state index contributed by atoms with van der Waals surface area (Å²) >= 11 is 0. The first-order valence-corrected chi connectivity index (χ1v) is 4.87. The topological polar surface area (TPSA) is 37.0 Å². The summed E-state index contributed by atoms with van der Waals surface area (Å²) in [5, 5.41) is 4.41. The summed E-state index contributed by atoms with van der Waals surface area (Å²) in [6, 6.07) is 0. The summed E-state index contributed by atoms with van der Waals surface area (Å²) in [5.74, 6) is 0. The Morgan fingerprint density at radius 2 is 1.08 bits per heavy atom. The molecule has 13 heavy (non-hydrogen) atoms. The van der Waals surface area contributed by atoms with E-state index in [-0.39, 0.29) is 0 Å². The van der Waals surface area contributed by atoms with E-state index in [0.29, 0.717) is 0 Å². The molecule has 2 aliphatic rings. The van der Waals surface area contributed by atoms with Crippen molar-refractivity contribution < 1.29 is 9.47 Å². The Labute approximate surface area is 78.5 Å². The fraction of sp³-hybridized carbons (Fsp3) is 1.00. The molecule has 0 atom stereocenters. The van der Waals surface area contributed by atoms with Crippen LogP contribution in [-0.4, -0.2) is 62.6 Å². The molecule has 0 spiro atoms. The largest absolute Gasteiger partial charge is 0.379 e. The first-order chi connectivity index (χ1) is 6.45. The lowest BCUT2D eigenvalue weighted by atomic mass is 10.5. The van der Waals surface area contributed by atoms with E-state index in [0.717, 1.165) is 52.6 Å². The zero-order chi connectivity index (χ0) is 8.93. The van der Waals surface area contributed by atoms with E-state index in [9.17, 15) is 0 Å². The van der Waals surface area contributed by atoms with Crippen molar-refractivity contribution in [1.82, 2.24) is 15.6 Å². The van der Waals surface area contributed by atoms with Crippen LogP contribution in [-0.2, 0) is 9.47 Å². The summed E-state index contributed by atoms with van der Waals surface area (Å²) in [5.41, 5.74) is 3.36. The number of rotatable bonds is 2. The van der Waals surface area contributed by atoms with E-state index in [1.165, 1.54) is 0 Å². The molecule has 2 saturated heterocycles. The van der Waals surface area contributed by atoms with E-state index in [1.54, 1.807) is 0 Å². The van der Waals surface area contributed by atoms with Crippen LogP contribution < -0.4 is 5.53 Å². The highest BCUT2D eigenvalue weighted by Crippen LogP contribution is 1.97. The van der Waals surface area contributed by atoms with Crippen LogP contribution in [0.15, 0.2) is 0 Å². The highest BCUT2D eigenvalue weighted by atomic mass is 16.5. The van der Waals surface area contributed by atoms with Gasteiger partial charge < -0.3 is 9.47 Å². The lowest BCUT2D eigenvalue weighted by Crippen LogP contribution is -2.56. The number of hydrogen-bond donors (Lipinski definition) is 1. The highest BCUT2D eigenvalue weighted by Gasteiger charge is 2.15. The molecule has 0 radical (unpaired) electrons. The first-order valence-electron chi connectivity index (χ1n) is 4.87. The number of hydrazine groups is 2. The molecule has 76 valence electrons. The predicted octanol–water partition coefficient (Wildman–Crippen LogP) is -0.930. The third-order valence-electron chi connectivity index (χ3n) is 2.31. The zero-order valence-corrected chi connectivity index (χ0v) is 7.87. The molecule has 5 nitrogen and oxygen atoms in total. The van der Waals surface area contributed by atoms with E-state index in [4.69, 9.17) is 9.47 Å². The molecule has 0 aromatic rings. The third-order valence-corrected chi connectivity index (χ3v) is 2.31. The molecule has 2 heterocycles. The van der Waals surface area contributed by atoms with Crippen molar-refractivity contribution in [2.24, 2.45) is 0 Å². The van der Waals surface area contributed by atoms with Crippen LogP contribution >= 0.6 is 0 Å². The Morgan fingerprint density at radius 1 is 0.692 bits per heavy atom. The number of nitrogens with one attached hydrogen (secondary N) is 1. The van der Waals surface area contributed by atoms with Crippen molar-refractivity contribution in [3.8, 4) is 0 Å². The van der Waals surface area contributed by atoms with Crippen molar-refractivity contribution in [2.75, 3.05) is 52.6 Å². The Morgan fingerprint density at radius 3 is 1.46 bits per heavy atom. The predicted molar refractivity (Wildman–Crippen MR) is 47.9 cm³/mol. The Bertz CT molecular complexity index is 128. The smallest absolute Gasteiger partial charge is 0.0608 e. The lowest BCUT2D eigenvalue weighted by molar-refractivity contribution is -0.0792. The molecule has 0 aromatic heterocycles. The van der Waals surface area contributed by atoms with Gasteiger partial charge >= 0.3 is 0 Å². The van der Waals surface area contributed by atoms with Crippen molar-refractivity contribution in [3.05, 3.63) is 0 Å². The van der Waals surface area contributed by atoms with Crippen molar-refractivity contribution in [2.45, 2.75) is 0 Å². The Kier molecular flexibility index (Phi) is 3.51. The summed E-state index contributed by atoms with van der Waals surface area (Å²) in [6.45, 7) is 7.20. The Balaban J connectivity index is 1.69. The van der Waals surface area contributed by atoms with Crippen LogP contribution in [0.3, 0.4) is 0 Å². The molecule has 0 aliphatic carbocycles. The molecule has 2 rings (SSSR count). The van der Waals surface area contributed by atoms with E-state index >= 15 is 0 Å². The van der Waals surface area contributed by atoms with Gasteiger partial charge in [-0.1, -0.05) is 0 Å². The maximum atomic E-state index is 5.26. The lowest BCUT2D eigenvalue weighted by Gasteiger charge is -2.35. The fourth-order valence-electron chi connectivity index (χ4n) is 1.53. The zero-order valence-electron chi connectivity index (χ0n) is 7.87. The van der Waals surface area contributed by atoms with Gasteiger partial charge in [0.2, 0.25) is 0 Å². The summed E-state index contributed by atoms with van der Waals surface area (Å²) in [4.78, 5) is 0. The molecule has 2 aliphatic heterocycles. The van der Waals surface area contributed by atoms with Crippen molar-refractivity contribution in [1.29, 1.82) is 0 Å². The molecule has 0 unspecified atom stereocenters. The standard InChI is InChI=1S/C8H17N3O2/c1-5-12-6-2-10(1)9-11-3-7-13-8-4-11/h9H,1-8H2. The summed E-state index contributed by atoms with van der Waals surface area (Å²) in [7, 11) is 0. The van der Waals surface area contributed by atoms with E-state index in [2.05, 4.69) is 15.6 Å². The van der Waals surface area contributed by atoms with Crippen molar-refractivity contribution in [3.63, 3.8) is 0 Å². The minimum Gasteiger partial charge on any atom is -0.379 e. The third kappa shape index (κ3) is 2.89. The van der Waals surface area contributed by atoms with Gasteiger partial charge in [0.05, 0.1) is 26.4 Å². The second-order valence-electron chi connectivity index (χ2n) is 3.30. The molecule has 0 saturated carbocycles.